The SMILES string of the molecule is O=C(NC(=S)Nc1ccc(OCCc2ccccc2)cc1)c1cc(Cl)cc(Cl)c1. The van der Waals surface area contributed by atoms with Gasteiger partial charge in [-0.3, -0.25) is 10.1 Å². The minimum absolute atomic E-state index is 0.170. The van der Waals surface area contributed by atoms with Gasteiger partial charge in [-0.25, -0.2) is 0 Å². The van der Waals surface area contributed by atoms with Crippen LogP contribution >= 0.6 is 35.4 Å². The van der Waals surface area contributed by atoms with E-state index in [1.54, 1.807) is 6.07 Å². The molecule has 148 valence electrons. The van der Waals surface area contributed by atoms with Crippen LogP contribution in [0, 0.1) is 0 Å². The molecule has 2 N–H and O–H groups in total. The summed E-state index contributed by atoms with van der Waals surface area (Å²) in [5.74, 6) is 0.364. The van der Waals surface area contributed by atoms with E-state index >= 15 is 0 Å². The maximum Gasteiger partial charge on any atom is 0.257 e. The van der Waals surface area contributed by atoms with Gasteiger partial charge in [-0.15, -0.1) is 0 Å². The predicted octanol–water partition coefficient (Wildman–Crippen LogP) is 5.74. The molecule has 0 radical (unpaired) electrons. The Hall–Kier alpha value is -2.60. The topological polar surface area (TPSA) is 50.4 Å². The standard InChI is InChI=1S/C22H18Cl2N2O2S/c23-17-12-16(13-18(24)14-17)21(27)26-22(29)25-19-6-8-20(9-7-19)28-11-10-15-4-2-1-3-5-15/h1-9,12-14H,10-11H2,(H2,25,26,27,29). The van der Waals surface area contributed by atoms with Gasteiger partial charge in [0.15, 0.2) is 5.11 Å². The fraction of sp³-hybridized carbons (Fsp3) is 0.0909. The number of carbonyl (C=O) groups is 1. The molecule has 0 spiro atoms. The number of rotatable bonds is 6. The third-order valence-electron chi connectivity index (χ3n) is 3.97. The van der Waals surface area contributed by atoms with Gasteiger partial charge < -0.3 is 10.1 Å². The molecule has 0 aliphatic carbocycles. The number of nitrogens with one attached hydrogen (secondary N) is 2. The minimum Gasteiger partial charge on any atom is -0.493 e. The van der Waals surface area contributed by atoms with Crippen molar-refractivity contribution in [3.8, 4) is 5.75 Å². The summed E-state index contributed by atoms with van der Waals surface area (Å²) in [5, 5.41) is 6.49. The Balaban J connectivity index is 1.48. The lowest BCUT2D eigenvalue weighted by Gasteiger charge is -2.11. The van der Waals surface area contributed by atoms with E-state index in [9.17, 15) is 4.79 Å². The van der Waals surface area contributed by atoms with Gasteiger partial charge in [-0.05, 0) is 60.2 Å². The maximum absolute atomic E-state index is 12.3. The van der Waals surface area contributed by atoms with E-state index in [2.05, 4.69) is 22.8 Å². The molecule has 0 heterocycles. The number of ether oxygens (including phenoxy) is 1. The zero-order valence-corrected chi connectivity index (χ0v) is 17.7. The van der Waals surface area contributed by atoms with Crippen molar-refractivity contribution >= 4 is 52.1 Å². The molecular weight excluding hydrogens is 427 g/mol. The smallest absolute Gasteiger partial charge is 0.257 e. The van der Waals surface area contributed by atoms with E-state index in [0.717, 1.165) is 17.9 Å². The zero-order chi connectivity index (χ0) is 20.6. The third kappa shape index (κ3) is 6.75. The summed E-state index contributed by atoms with van der Waals surface area (Å²) in [7, 11) is 0. The van der Waals surface area contributed by atoms with Crippen molar-refractivity contribution < 1.29 is 9.53 Å². The molecule has 0 bridgehead atoms. The molecule has 0 aliphatic heterocycles. The Kier molecular flexibility index (Phi) is 7.47. The van der Waals surface area contributed by atoms with Crippen molar-refractivity contribution in [1.82, 2.24) is 5.32 Å². The number of carbonyl (C=O) groups excluding carboxylic acids is 1. The summed E-state index contributed by atoms with van der Waals surface area (Å²) >= 11 is 17.0. The summed E-state index contributed by atoms with van der Waals surface area (Å²) in [4.78, 5) is 12.3. The van der Waals surface area contributed by atoms with Crippen LogP contribution in [0.15, 0.2) is 72.8 Å². The van der Waals surface area contributed by atoms with Crippen LogP contribution in [-0.4, -0.2) is 17.6 Å². The molecule has 3 aromatic rings. The summed E-state index contributed by atoms with van der Waals surface area (Å²) in [5.41, 5.74) is 2.29. The first-order valence-electron chi connectivity index (χ1n) is 8.85. The van der Waals surface area contributed by atoms with Crippen molar-refractivity contribution in [1.29, 1.82) is 0 Å². The molecule has 1 amide bonds. The highest BCUT2D eigenvalue weighted by Gasteiger charge is 2.10. The molecule has 0 aromatic heterocycles. The molecule has 0 aliphatic rings. The Morgan fingerprint density at radius 2 is 1.59 bits per heavy atom. The van der Waals surface area contributed by atoms with Crippen molar-refractivity contribution in [2.75, 3.05) is 11.9 Å². The van der Waals surface area contributed by atoms with Crippen molar-refractivity contribution in [3.63, 3.8) is 0 Å². The Bertz CT molecular complexity index is 975. The van der Waals surface area contributed by atoms with Gasteiger partial charge in [0.1, 0.15) is 5.75 Å². The average Bonchev–Trinajstić information content (AvgIpc) is 2.69. The lowest BCUT2D eigenvalue weighted by atomic mass is 10.2. The lowest BCUT2D eigenvalue weighted by Crippen LogP contribution is -2.34. The molecule has 0 saturated carbocycles. The molecule has 3 aromatic carbocycles. The van der Waals surface area contributed by atoms with E-state index < -0.39 is 5.91 Å². The number of thiocarbonyl (C=S) groups is 1. The second kappa shape index (κ2) is 10.3. The molecule has 0 atom stereocenters. The summed E-state index contributed by atoms with van der Waals surface area (Å²) in [6.07, 6.45) is 0.838. The third-order valence-corrected chi connectivity index (χ3v) is 4.61. The van der Waals surface area contributed by atoms with E-state index in [-0.39, 0.29) is 5.11 Å². The van der Waals surface area contributed by atoms with Gasteiger partial charge in [0.2, 0.25) is 0 Å². The number of amides is 1. The summed E-state index contributed by atoms with van der Waals surface area (Å²) in [6, 6.07) is 22.1. The highest BCUT2D eigenvalue weighted by molar-refractivity contribution is 7.80. The van der Waals surface area contributed by atoms with Gasteiger partial charge in [-0.2, -0.15) is 0 Å². The first-order chi connectivity index (χ1) is 14.0. The highest BCUT2D eigenvalue weighted by Crippen LogP contribution is 2.19. The first kappa shape index (κ1) is 21.1. The van der Waals surface area contributed by atoms with Crippen molar-refractivity contribution in [2.45, 2.75) is 6.42 Å². The quantitative estimate of drug-likeness (QED) is 0.475. The molecule has 4 nitrogen and oxygen atoms in total. The Labute approximate surface area is 184 Å². The number of halogens is 2. The van der Waals surface area contributed by atoms with Crippen LogP contribution in [0.4, 0.5) is 5.69 Å². The maximum atomic E-state index is 12.3. The highest BCUT2D eigenvalue weighted by atomic mass is 35.5. The largest absolute Gasteiger partial charge is 0.493 e. The van der Waals surface area contributed by atoms with Gasteiger partial charge in [-0.1, -0.05) is 53.5 Å². The number of hydrogen-bond acceptors (Lipinski definition) is 3. The van der Waals surface area contributed by atoms with Crippen LogP contribution in [0.2, 0.25) is 10.0 Å². The number of benzene rings is 3. The van der Waals surface area contributed by atoms with Crippen LogP contribution in [0.1, 0.15) is 15.9 Å². The normalized spacial score (nSPS) is 10.3. The van der Waals surface area contributed by atoms with Crippen LogP contribution in [0.25, 0.3) is 0 Å². The van der Waals surface area contributed by atoms with Crippen molar-refractivity contribution in [2.24, 2.45) is 0 Å². The minimum atomic E-state index is -0.396. The van der Waals surface area contributed by atoms with E-state index in [1.165, 1.54) is 17.7 Å². The number of hydrogen-bond donors (Lipinski definition) is 2. The van der Waals surface area contributed by atoms with E-state index in [0.29, 0.717) is 22.2 Å². The van der Waals surface area contributed by atoms with Gasteiger partial charge >= 0.3 is 0 Å². The van der Waals surface area contributed by atoms with Crippen molar-refractivity contribution in [3.05, 3.63) is 94.0 Å². The Morgan fingerprint density at radius 1 is 0.931 bits per heavy atom. The Morgan fingerprint density at radius 3 is 2.24 bits per heavy atom. The second-order valence-corrected chi connectivity index (χ2v) is 7.46. The van der Waals surface area contributed by atoms with Gasteiger partial charge in [0.25, 0.3) is 5.91 Å². The molecule has 29 heavy (non-hydrogen) atoms. The van der Waals surface area contributed by atoms with E-state index in [4.69, 9.17) is 40.2 Å². The number of anilines is 1. The second-order valence-electron chi connectivity index (χ2n) is 6.17. The molecule has 0 unspecified atom stereocenters. The first-order valence-corrected chi connectivity index (χ1v) is 10.0. The zero-order valence-electron chi connectivity index (χ0n) is 15.3. The summed E-state index contributed by atoms with van der Waals surface area (Å²) in [6.45, 7) is 0.591. The molecule has 3 rings (SSSR count). The van der Waals surface area contributed by atoms with Crippen LogP contribution in [0.3, 0.4) is 0 Å². The molecule has 0 fully saturated rings. The van der Waals surface area contributed by atoms with Crippen LogP contribution in [0.5, 0.6) is 5.75 Å². The summed E-state index contributed by atoms with van der Waals surface area (Å²) < 4.78 is 5.76. The molecule has 7 heteroatoms. The fourth-order valence-electron chi connectivity index (χ4n) is 2.59. The van der Waals surface area contributed by atoms with Crippen LogP contribution in [-0.2, 0) is 6.42 Å². The van der Waals surface area contributed by atoms with Gasteiger partial charge in [0, 0.05) is 27.7 Å². The van der Waals surface area contributed by atoms with Crippen LogP contribution < -0.4 is 15.4 Å². The monoisotopic (exact) mass is 444 g/mol. The molecular formula is C22H18Cl2N2O2S. The van der Waals surface area contributed by atoms with Gasteiger partial charge in [0.05, 0.1) is 6.61 Å². The molecule has 0 saturated heterocycles. The predicted molar refractivity (Wildman–Crippen MR) is 122 cm³/mol. The van der Waals surface area contributed by atoms with E-state index in [1.807, 2.05) is 42.5 Å². The lowest BCUT2D eigenvalue weighted by molar-refractivity contribution is 0.0977. The average molecular weight is 445 g/mol. The fourth-order valence-corrected chi connectivity index (χ4v) is 3.33.